The lowest BCUT2D eigenvalue weighted by Crippen LogP contribution is -2.25. The third kappa shape index (κ3) is 3.97. The van der Waals surface area contributed by atoms with Crippen LogP contribution in [0.4, 0.5) is 5.69 Å². The van der Waals surface area contributed by atoms with Gasteiger partial charge in [-0.05, 0) is 49.7 Å². The zero-order valence-corrected chi connectivity index (χ0v) is 17.6. The van der Waals surface area contributed by atoms with Gasteiger partial charge in [-0.15, -0.1) is 0 Å². The van der Waals surface area contributed by atoms with Crippen molar-refractivity contribution in [2.24, 2.45) is 0 Å². The quantitative estimate of drug-likeness (QED) is 0.450. The molecule has 1 aliphatic rings. The molecular weight excluding hydrogens is 410 g/mol. The van der Waals surface area contributed by atoms with E-state index in [1.807, 2.05) is 25.1 Å². The molecule has 1 N–H and O–H groups in total. The summed E-state index contributed by atoms with van der Waals surface area (Å²) < 4.78 is 7.49. The number of hydrogen-bond acceptors (Lipinski definition) is 5. The van der Waals surface area contributed by atoms with Gasteiger partial charge in [-0.25, -0.2) is 4.98 Å². The van der Waals surface area contributed by atoms with Crippen molar-refractivity contribution in [1.29, 1.82) is 0 Å². The number of aryl methyl sites for hydroxylation is 1. The van der Waals surface area contributed by atoms with Crippen molar-refractivity contribution in [3.05, 3.63) is 47.0 Å². The first-order valence-corrected chi connectivity index (χ1v) is 10.7. The number of benzene rings is 2. The number of nitrogens with one attached hydrogen (secondary N) is 1. The number of thioether (sulfide) groups is 1. The highest BCUT2D eigenvalue weighted by Crippen LogP contribution is 2.33. The van der Waals surface area contributed by atoms with Crippen LogP contribution in [0.2, 0.25) is 5.02 Å². The molecule has 0 fully saturated rings. The fourth-order valence-electron chi connectivity index (χ4n) is 3.29. The summed E-state index contributed by atoms with van der Waals surface area (Å²) in [6.07, 6.45) is 0.953. The number of rotatable bonds is 6. The lowest BCUT2D eigenvalue weighted by Gasteiger charge is -2.19. The summed E-state index contributed by atoms with van der Waals surface area (Å²) in [5.74, 6) is 0.310. The van der Waals surface area contributed by atoms with Crippen LogP contribution in [0.3, 0.4) is 0 Å². The molecule has 2 heterocycles. The number of nitrogens with zero attached hydrogens (tertiary/aromatic N) is 2. The molecule has 29 heavy (non-hydrogen) atoms. The van der Waals surface area contributed by atoms with Gasteiger partial charge >= 0.3 is 0 Å². The fourth-order valence-corrected chi connectivity index (χ4v) is 4.49. The molecule has 0 radical (unpaired) electrons. The van der Waals surface area contributed by atoms with Gasteiger partial charge in [0.25, 0.3) is 5.91 Å². The second kappa shape index (κ2) is 8.08. The molecule has 0 bridgehead atoms. The first kappa shape index (κ1) is 19.8. The molecule has 150 valence electrons. The van der Waals surface area contributed by atoms with Crippen molar-refractivity contribution < 1.29 is 14.3 Å². The number of fused-ring (bicyclic) bond motifs is 2. The Morgan fingerprint density at radius 3 is 2.97 bits per heavy atom. The van der Waals surface area contributed by atoms with Gasteiger partial charge in [-0.2, -0.15) is 0 Å². The second-order valence-corrected chi connectivity index (χ2v) is 8.60. The summed E-state index contributed by atoms with van der Waals surface area (Å²) in [5.41, 5.74) is 2.88. The van der Waals surface area contributed by atoms with E-state index in [1.54, 1.807) is 18.2 Å². The van der Waals surface area contributed by atoms with E-state index >= 15 is 0 Å². The smallest absolute Gasteiger partial charge is 0.262 e. The van der Waals surface area contributed by atoms with Gasteiger partial charge in [0.15, 0.2) is 17.5 Å². The third-order valence-corrected chi connectivity index (χ3v) is 6.00. The van der Waals surface area contributed by atoms with E-state index in [-0.39, 0.29) is 23.5 Å². The number of Topliss-reactive ketones (excluding diaryl/α,β-unsaturated/α-hetero) is 1. The molecule has 4 rings (SSSR count). The maximum absolute atomic E-state index is 13.0. The highest BCUT2D eigenvalue weighted by atomic mass is 35.5. The number of carbonyl (C=O) groups is 2. The summed E-state index contributed by atoms with van der Waals surface area (Å²) in [6, 6.07) is 10.8. The highest BCUT2D eigenvalue weighted by molar-refractivity contribution is 8.00. The number of ether oxygens (including phenoxy) is 1. The van der Waals surface area contributed by atoms with Gasteiger partial charge in [-0.1, -0.05) is 30.3 Å². The Morgan fingerprint density at radius 2 is 2.17 bits per heavy atom. The molecule has 8 heteroatoms. The zero-order chi connectivity index (χ0) is 20.5. The predicted molar refractivity (Wildman–Crippen MR) is 115 cm³/mol. The summed E-state index contributed by atoms with van der Waals surface area (Å²) in [4.78, 5) is 29.3. The fraction of sp³-hybridized carbons (Fsp3) is 0.286. The van der Waals surface area contributed by atoms with Crippen molar-refractivity contribution in [2.45, 2.75) is 37.2 Å². The zero-order valence-electron chi connectivity index (χ0n) is 16.1. The van der Waals surface area contributed by atoms with Crippen molar-refractivity contribution in [2.75, 3.05) is 11.9 Å². The Balaban J connectivity index is 1.60. The van der Waals surface area contributed by atoms with Crippen LogP contribution in [-0.4, -0.2) is 33.1 Å². The number of halogens is 1. The molecule has 0 spiro atoms. The lowest BCUT2D eigenvalue weighted by atomic mass is 10.1. The molecule has 0 saturated carbocycles. The summed E-state index contributed by atoms with van der Waals surface area (Å²) >= 11 is 7.53. The minimum Gasteiger partial charge on any atom is -0.482 e. The topological polar surface area (TPSA) is 73.2 Å². The number of ketones is 1. The largest absolute Gasteiger partial charge is 0.482 e. The van der Waals surface area contributed by atoms with Crippen LogP contribution in [-0.2, 0) is 11.3 Å². The first-order valence-electron chi connectivity index (χ1n) is 9.39. The molecule has 0 saturated heterocycles. The molecule has 6 nitrogen and oxygen atoms in total. The van der Waals surface area contributed by atoms with Gasteiger partial charge in [0.1, 0.15) is 5.75 Å². The number of amides is 1. The Hall–Kier alpha value is -2.51. The van der Waals surface area contributed by atoms with E-state index in [4.69, 9.17) is 21.3 Å². The van der Waals surface area contributed by atoms with Gasteiger partial charge < -0.3 is 14.6 Å². The van der Waals surface area contributed by atoms with E-state index < -0.39 is 0 Å². The third-order valence-electron chi connectivity index (χ3n) is 4.67. The Morgan fingerprint density at radius 1 is 1.34 bits per heavy atom. The number of carbonyl (C=O) groups excluding carboxylic acids is 2. The van der Waals surface area contributed by atoms with Crippen LogP contribution in [0.15, 0.2) is 41.6 Å². The molecule has 1 unspecified atom stereocenters. The van der Waals surface area contributed by atoms with E-state index in [0.29, 0.717) is 22.0 Å². The number of anilines is 1. The summed E-state index contributed by atoms with van der Waals surface area (Å²) in [6.45, 7) is 4.77. The maximum Gasteiger partial charge on any atom is 0.262 e. The van der Waals surface area contributed by atoms with Crippen molar-refractivity contribution >= 4 is 51.8 Å². The summed E-state index contributed by atoms with van der Waals surface area (Å²) in [7, 11) is 0. The van der Waals surface area contributed by atoms with Crippen LogP contribution < -0.4 is 10.1 Å². The molecule has 3 aromatic rings. The first-order chi connectivity index (χ1) is 14.0. The van der Waals surface area contributed by atoms with E-state index in [9.17, 15) is 9.59 Å². The van der Waals surface area contributed by atoms with Gasteiger partial charge in [-0.3, -0.25) is 9.59 Å². The number of aromatic nitrogens is 2. The predicted octanol–water partition coefficient (Wildman–Crippen LogP) is 4.79. The molecule has 1 aliphatic heterocycles. The average molecular weight is 430 g/mol. The van der Waals surface area contributed by atoms with Gasteiger partial charge in [0, 0.05) is 17.1 Å². The second-order valence-electron chi connectivity index (χ2n) is 6.85. The molecule has 0 aliphatic carbocycles. The van der Waals surface area contributed by atoms with E-state index in [0.717, 1.165) is 29.2 Å². The van der Waals surface area contributed by atoms with Gasteiger partial charge in [0.2, 0.25) is 0 Å². The highest BCUT2D eigenvalue weighted by Gasteiger charge is 2.23. The Labute approximate surface area is 177 Å². The van der Waals surface area contributed by atoms with Crippen LogP contribution in [0.25, 0.3) is 11.0 Å². The Bertz CT molecular complexity index is 1110. The lowest BCUT2D eigenvalue weighted by molar-refractivity contribution is -0.118. The Kier molecular flexibility index (Phi) is 5.52. The molecule has 1 atom stereocenters. The van der Waals surface area contributed by atoms with Crippen molar-refractivity contribution in [1.82, 2.24) is 9.55 Å². The standard InChI is InChI=1S/C21H20ClN3O3S/c1-3-8-25-17-6-5-14(22)10-15(17)24-21(25)29-12(2)20(27)13-4-7-18-16(9-13)23-19(26)11-28-18/h4-7,9-10,12H,3,8,11H2,1-2H3,(H,23,26). The normalized spacial score (nSPS) is 14.2. The minimum atomic E-state index is -0.351. The molecular formula is C21H20ClN3O3S. The molecule has 2 aromatic carbocycles. The SMILES string of the molecule is CCCn1c(SC(C)C(=O)c2ccc3c(c2)NC(=O)CO3)nc2cc(Cl)ccc21. The van der Waals surface area contributed by atoms with Crippen molar-refractivity contribution in [3.8, 4) is 5.75 Å². The number of imidazole rings is 1. The van der Waals surface area contributed by atoms with Crippen LogP contribution in [0.1, 0.15) is 30.6 Å². The monoisotopic (exact) mass is 429 g/mol. The van der Waals surface area contributed by atoms with Crippen LogP contribution in [0, 0.1) is 0 Å². The van der Waals surface area contributed by atoms with E-state index in [1.165, 1.54) is 11.8 Å². The van der Waals surface area contributed by atoms with Gasteiger partial charge in [0.05, 0.1) is 22.0 Å². The molecule has 1 amide bonds. The van der Waals surface area contributed by atoms with E-state index in [2.05, 4.69) is 16.8 Å². The molecule has 1 aromatic heterocycles. The maximum atomic E-state index is 13.0. The van der Waals surface area contributed by atoms with Crippen LogP contribution in [0.5, 0.6) is 5.75 Å². The number of hydrogen-bond donors (Lipinski definition) is 1. The average Bonchev–Trinajstić information content (AvgIpc) is 3.03. The summed E-state index contributed by atoms with van der Waals surface area (Å²) in [5, 5.41) is 3.82. The minimum absolute atomic E-state index is 0.00971. The van der Waals surface area contributed by atoms with Crippen molar-refractivity contribution in [3.63, 3.8) is 0 Å². The van der Waals surface area contributed by atoms with Crippen LogP contribution >= 0.6 is 23.4 Å².